The van der Waals surface area contributed by atoms with E-state index in [0.29, 0.717) is 44.7 Å². The summed E-state index contributed by atoms with van der Waals surface area (Å²) < 4.78 is 31.5. The average Bonchev–Trinajstić information content (AvgIpc) is 3.22. The molecular weight excluding hydrogens is 374 g/mol. The fraction of sp³-hybridized carbons (Fsp3) is 0.588. The van der Waals surface area contributed by atoms with Crippen LogP contribution in [0.4, 0.5) is 11.4 Å². The third-order valence-electron chi connectivity index (χ3n) is 5.22. The Balaban J connectivity index is 1.85. The highest BCUT2D eigenvalue weighted by atomic mass is 32.2. The van der Waals surface area contributed by atoms with Crippen LogP contribution in [0.3, 0.4) is 0 Å². The molecule has 2 aliphatic heterocycles. The lowest BCUT2D eigenvalue weighted by Crippen LogP contribution is -2.37. The molecule has 0 aromatic heterocycles. The summed E-state index contributed by atoms with van der Waals surface area (Å²) in [4.78, 5) is 24.4. The zero-order chi connectivity index (χ0) is 19.6. The van der Waals surface area contributed by atoms with E-state index in [9.17, 15) is 23.3 Å². The third kappa shape index (κ3) is 3.91. The van der Waals surface area contributed by atoms with Gasteiger partial charge < -0.3 is 9.64 Å². The molecule has 27 heavy (non-hydrogen) atoms. The van der Waals surface area contributed by atoms with Gasteiger partial charge >= 0.3 is 5.97 Å². The lowest BCUT2D eigenvalue weighted by Gasteiger charge is -2.32. The molecule has 1 aromatic rings. The molecule has 0 spiro atoms. The number of sulfonamides is 1. The molecule has 9 nitrogen and oxygen atoms in total. The van der Waals surface area contributed by atoms with Gasteiger partial charge in [-0.3, -0.25) is 14.9 Å². The van der Waals surface area contributed by atoms with Crippen LogP contribution in [-0.2, 0) is 19.6 Å². The molecule has 0 radical (unpaired) electrons. The van der Waals surface area contributed by atoms with E-state index in [1.807, 2.05) is 4.90 Å². The number of hydrogen-bond acceptors (Lipinski definition) is 7. The molecule has 2 saturated heterocycles. The van der Waals surface area contributed by atoms with Crippen LogP contribution in [0, 0.1) is 16.0 Å². The van der Waals surface area contributed by atoms with Crippen LogP contribution in [0.15, 0.2) is 23.1 Å². The average molecular weight is 397 g/mol. The molecule has 2 fully saturated rings. The number of nitrogens with zero attached hydrogens (tertiary/aromatic N) is 3. The fourth-order valence-electron chi connectivity index (χ4n) is 3.68. The standard InChI is InChI=1S/C17H23N3O6S/c1-26-17(21)13-6-10-18(11-7-13)15-5-4-14(12-16(15)20(22)23)27(24,25)19-8-2-3-9-19/h4-5,12-13H,2-3,6-11H2,1H3. The van der Waals surface area contributed by atoms with Gasteiger partial charge in [0.25, 0.3) is 5.69 Å². The maximum absolute atomic E-state index is 12.7. The van der Waals surface area contributed by atoms with E-state index in [1.165, 1.54) is 23.5 Å². The smallest absolute Gasteiger partial charge is 0.308 e. The Labute approximate surface area is 158 Å². The molecule has 0 bridgehead atoms. The first kappa shape index (κ1) is 19.6. The Morgan fingerprint density at radius 3 is 2.37 bits per heavy atom. The van der Waals surface area contributed by atoms with Crippen molar-refractivity contribution < 1.29 is 22.9 Å². The summed E-state index contributed by atoms with van der Waals surface area (Å²) >= 11 is 0. The third-order valence-corrected chi connectivity index (χ3v) is 7.11. The summed E-state index contributed by atoms with van der Waals surface area (Å²) in [5.41, 5.74) is 0.149. The summed E-state index contributed by atoms with van der Waals surface area (Å²) in [5.74, 6) is -0.476. The number of hydrogen-bond donors (Lipinski definition) is 0. The second-order valence-electron chi connectivity index (χ2n) is 6.80. The summed E-state index contributed by atoms with van der Waals surface area (Å²) in [7, 11) is -2.37. The predicted molar refractivity (Wildman–Crippen MR) is 98.0 cm³/mol. The number of nitro benzene ring substituents is 1. The number of methoxy groups -OCH3 is 1. The van der Waals surface area contributed by atoms with E-state index in [1.54, 1.807) is 0 Å². The Bertz CT molecular complexity index is 827. The normalized spacial score (nSPS) is 19.2. The zero-order valence-corrected chi connectivity index (χ0v) is 16.0. The SMILES string of the molecule is COC(=O)C1CCN(c2ccc(S(=O)(=O)N3CCCC3)cc2[N+](=O)[O-])CC1. The number of rotatable bonds is 5. The minimum atomic E-state index is -3.72. The molecule has 3 rings (SSSR count). The van der Waals surface area contributed by atoms with Crippen LogP contribution in [0.25, 0.3) is 0 Å². The van der Waals surface area contributed by atoms with E-state index >= 15 is 0 Å². The van der Waals surface area contributed by atoms with E-state index in [0.717, 1.165) is 18.9 Å². The van der Waals surface area contributed by atoms with Crippen molar-refractivity contribution in [1.29, 1.82) is 0 Å². The molecule has 0 aliphatic carbocycles. The van der Waals surface area contributed by atoms with Gasteiger partial charge in [-0.15, -0.1) is 0 Å². The monoisotopic (exact) mass is 397 g/mol. The lowest BCUT2D eigenvalue weighted by molar-refractivity contribution is -0.384. The second-order valence-corrected chi connectivity index (χ2v) is 8.74. The Morgan fingerprint density at radius 1 is 1.19 bits per heavy atom. The van der Waals surface area contributed by atoms with Crippen molar-refractivity contribution in [2.24, 2.45) is 5.92 Å². The number of benzene rings is 1. The van der Waals surface area contributed by atoms with Gasteiger partial charge in [-0.05, 0) is 37.8 Å². The Morgan fingerprint density at radius 2 is 1.81 bits per heavy atom. The molecule has 2 aliphatic rings. The molecule has 2 heterocycles. The minimum Gasteiger partial charge on any atom is -0.469 e. The highest BCUT2D eigenvalue weighted by Crippen LogP contribution is 2.34. The number of ether oxygens (including phenoxy) is 1. The Hall–Kier alpha value is -2.20. The van der Waals surface area contributed by atoms with Gasteiger partial charge in [0.15, 0.2) is 0 Å². The number of nitro groups is 1. The second kappa shape index (κ2) is 7.81. The van der Waals surface area contributed by atoms with Gasteiger partial charge in [0.2, 0.25) is 10.0 Å². The number of carbonyl (C=O) groups is 1. The van der Waals surface area contributed by atoms with Crippen molar-refractivity contribution in [2.75, 3.05) is 38.2 Å². The van der Waals surface area contributed by atoms with Crippen molar-refractivity contribution >= 4 is 27.4 Å². The molecule has 0 saturated carbocycles. The van der Waals surface area contributed by atoms with Crippen molar-refractivity contribution in [2.45, 2.75) is 30.6 Å². The van der Waals surface area contributed by atoms with Crippen molar-refractivity contribution in [3.05, 3.63) is 28.3 Å². The largest absolute Gasteiger partial charge is 0.469 e. The van der Waals surface area contributed by atoms with Gasteiger partial charge in [-0.2, -0.15) is 4.31 Å². The lowest BCUT2D eigenvalue weighted by atomic mass is 9.96. The number of esters is 1. The fourth-order valence-corrected chi connectivity index (χ4v) is 5.22. The summed E-state index contributed by atoms with van der Waals surface area (Å²) in [6, 6.07) is 4.08. The molecule has 1 aromatic carbocycles. The van der Waals surface area contributed by atoms with E-state index < -0.39 is 14.9 Å². The number of anilines is 1. The van der Waals surface area contributed by atoms with Gasteiger partial charge in [-0.1, -0.05) is 0 Å². The molecular formula is C17H23N3O6S. The van der Waals surface area contributed by atoms with Crippen molar-refractivity contribution in [1.82, 2.24) is 4.31 Å². The highest BCUT2D eigenvalue weighted by Gasteiger charge is 2.32. The maximum Gasteiger partial charge on any atom is 0.308 e. The van der Waals surface area contributed by atoms with Gasteiger partial charge in [0, 0.05) is 32.2 Å². The number of piperidine rings is 1. The molecule has 10 heteroatoms. The first-order valence-electron chi connectivity index (χ1n) is 8.96. The highest BCUT2D eigenvalue weighted by molar-refractivity contribution is 7.89. The molecule has 148 valence electrons. The summed E-state index contributed by atoms with van der Waals surface area (Å²) in [6.07, 6.45) is 2.68. The van der Waals surface area contributed by atoms with E-state index in [4.69, 9.17) is 4.74 Å². The van der Waals surface area contributed by atoms with Crippen LogP contribution in [-0.4, -0.2) is 56.9 Å². The quantitative estimate of drug-likeness (QED) is 0.423. The van der Waals surface area contributed by atoms with Crippen LogP contribution < -0.4 is 4.90 Å². The number of carbonyl (C=O) groups excluding carboxylic acids is 1. The maximum atomic E-state index is 12.7. The van der Waals surface area contributed by atoms with Gasteiger partial charge in [0.05, 0.1) is 22.8 Å². The van der Waals surface area contributed by atoms with Gasteiger partial charge in [0.1, 0.15) is 5.69 Å². The molecule has 0 atom stereocenters. The molecule has 0 N–H and O–H groups in total. The van der Waals surface area contributed by atoms with Crippen LogP contribution >= 0.6 is 0 Å². The first-order chi connectivity index (χ1) is 12.8. The van der Waals surface area contributed by atoms with Crippen molar-refractivity contribution in [3.8, 4) is 0 Å². The van der Waals surface area contributed by atoms with E-state index in [-0.39, 0.29) is 22.5 Å². The first-order valence-corrected chi connectivity index (χ1v) is 10.4. The minimum absolute atomic E-state index is 0.0516. The molecule has 0 unspecified atom stereocenters. The van der Waals surface area contributed by atoms with Crippen LogP contribution in [0.5, 0.6) is 0 Å². The zero-order valence-electron chi connectivity index (χ0n) is 15.2. The van der Waals surface area contributed by atoms with Crippen LogP contribution in [0.2, 0.25) is 0 Å². The van der Waals surface area contributed by atoms with Gasteiger partial charge in [-0.25, -0.2) is 8.42 Å². The topological polar surface area (TPSA) is 110 Å². The molecule has 0 amide bonds. The Kier molecular flexibility index (Phi) is 5.66. The van der Waals surface area contributed by atoms with Crippen molar-refractivity contribution in [3.63, 3.8) is 0 Å². The summed E-state index contributed by atoms with van der Waals surface area (Å²) in [6.45, 7) is 1.83. The summed E-state index contributed by atoms with van der Waals surface area (Å²) in [5, 5.41) is 11.6. The predicted octanol–water partition coefficient (Wildman–Crippen LogP) is 1.77. The van der Waals surface area contributed by atoms with E-state index in [2.05, 4.69) is 0 Å². The van der Waals surface area contributed by atoms with Crippen LogP contribution in [0.1, 0.15) is 25.7 Å².